The molecule has 0 atom stereocenters. The highest BCUT2D eigenvalue weighted by atomic mass is 35.5. The third kappa shape index (κ3) is 3.56. The van der Waals surface area contributed by atoms with Gasteiger partial charge in [-0.25, -0.2) is 4.98 Å². The number of hydrogen-bond donors (Lipinski definition) is 1. The Balaban J connectivity index is 1.59. The van der Waals surface area contributed by atoms with Gasteiger partial charge in [-0.1, -0.05) is 48.0 Å². The van der Waals surface area contributed by atoms with Crippen molar-refractivity contribution >= 4 is 44.9 Å². The number of halogens is 1. The van der Waals surface area contributed by atoms with Gasteiger partial charge in [-0.15, -0.1) is 11.3 Å². The number of amides is 1. The van der Waals surface area contributed by atoms with Gasteiger partial charge in [0.1, 0.15) is 0 Å². The number of thiazole rings is 1. The third-order valence-electron chi connectivity index (χ3n) is 4.50. The van der Waals surface area contributed by atoms with Crippen molar-refractivity contribution in [3.8, 4) is 0 Å². The van der Waals surface area contributed by atoms with E-state index in [1.54, 1.807) is 13.2 Å². The highest BCUT2D eigenvalue weighted by molar-refractivity contribution is 7.15. The molecule has 7 heteroatoms. The number of benzene rings is 2. The van der Waals surface area contributed by atoms with Crippen molar-refractivity contribution in [2.24, 2.45) is 7.05 Å². The predicted octanol–water partition coefficient (Wildman–Crippen LogP) is 4.49. The lowest BCUT2D eigenvalue weighted by molar-refractivity contribution is 0.102. The maximum Gasteiger partial charge on any atom is 0.258 e. The molecule has 0 aliphatic heterocycles. The van der Waals surface area contributed by atoms with Crippen molar-refractivity contribution in [1.82, 2.24) is 9.55 Å². The van der Waals surface area contributed by atoms with E-state index < -0.39 is 0 Å². The van der Waals surface area contributed by atoms with Crippen molar-refractivity contribution in [3.05, 3.63) is 92.2 Å². The van der Waals surface area contributed by atoms with Gasteiger partial charge in [-0.2, -0.15) is 0 Å². The second-order valence-electron chi connectivity index (χ2n) is 6.33. The second-order valence-corrected chi connectivity index (χ2v) is 7.85. The van der Waals surface area contributed by atoms with Crippen LogP contribution in [0.4, 0.5) is 5.13 Å². The van der Waals surface area contributed by atoms with Crippen LogP contribution in [0.15, 0.2) is 65.6 Å². The quantitative estimate of drug-likeness (QED) is 0.540. The minimum atomic E-state index is -0.354. The number of aromatic nitrogens is 2. The first-order valence-electron chi connectivity index (χ1n) is 8.61. The van der Waals surface area contributed by atoms with E-state index in [2.05, 4.69) is 10.3 Å². The van der Waals surface area contributed by atoms with Gasteiger partial charge < -0.3 is 4.57 Å². The standard InChI is InChI=1S/C21H16ClN3O2S/c1-25-18-9-5-3-7-15(18)16(11-19(25)26)20(27)24-21-23-12-14(28-21)10-13-6-2-4-8-17(13)22/h2-9,11-12H,10H2,1H3,(H,23,24,27). The zero-order valence-electron chi connectivity index (χ0n) is 15.0. The number of aryl methyl sites for hydroxylation is 1. The number of hydrogen-bond acceptors (Lipinski definition) is 4. The largest absolute Gasteiger partial charge is 0.311 e. The number of carbonyl (C=O) groups excluding carboxylic acids is 1. The maximum absolute atomic E-state index is 12.8. The van der Waals surface area contributed by atoms with Crippen LogP contribution in [0.3, 0.4) is 0 Å². The Morgan fingerprint density at radius 2 is 1.93 bits per heavy atom. The second kappa shape index (κ2) is 7.58. The number of anilines is 1. The van der Waals surface area contributed by atoms with E-state index in [0.717, 1.165) is 15.8 Å². The number of pyridine rings is 1. The molecule has 0 saturated carbocycles. The summed E-state index contributed by atoms with van der Waals surface area (Å²) >= 11 is 7.60. The molecule has 5 nitrogen and oxygen atoms in total. The fourth-order valence-corrected chi connectivity index (χ4v) is 4.07. The molecule has 0 aliphatic rings. The molecule has 0 aliphatic carbocycles. The van der Waals surface area contributed by atoms with E-state index in [-0.39, 0.29) is 11.5 Å². The van der Waals surface area contributed by atoms with Crippen LogP contribution in [0.1, 0.15) is 20.8 Å². The van der Waals surface area contributed by atoms with Gasteiger partial charge in [0.25, 0.3) is 11.5 Å². The van der Waals surface area contributed by atoms with Gasteiger partial charge >= 0.3 is 0 Å². The summed E-state index contributed by atoms with van der Waals surface area (Å²) in [6, 6.07) is 16.3. The van der Waals surface area contributed by atoms with Crippen LogP contribution in [-0.4, -0.2) is 15.5 Å². The lowest BCUT2D eigenvalue weighted by atomic mass is 10.1. The van der Waals surface area contributed by atoms with Gasteiger partial charge in [0.2, 0.25) is 0 Å². The van der Waals surface area contributed by atoms with Crippen LogP contribution in [0.5, 0.6) is 0 Å². The average molecular weight is 410 g/mol. The molecule has 0 bridgehead atoms. The highest BCUT2D eigenvalue weighted by Gasteiger charge is 2.15. The molecular formula is C21H16ClN3O2S. The molecule has 2 heterocycles. The molecule has 0 fully saturated rings. The van der Waals surface area contributed by atoms with Gasteiger partial charge in [-0.3, -0.25) is 14.9 Å². The number of rotatable bonds is 4. The van der Waals surface area contributed by atoms with E-state index in [9.17, 15) is 9.59 Å². The predicted molar refractivity (Wildman–Crippen MR) is 114 cm³/mol. The Labute approximate surface area is 170 Å². The first-order valence-corrected chi connectivity index (χ1v) is 9.80. The fourth-order valence-electron chi connectivity index (χ4n) is 3.04. The molecule has 2 aromatic carbocycles. The van der Waals surface area contributed by atoms with Crippen molar-refractivity contribution in [1.29, 1.82) is 0 Å². The van der Waals surface area contributed by atoms with Crippen LogP contribution in [0, 0.1) is 0 Å². The smallest absolute Gasteiger partial charge is 0.258 e. The maximum atomic E-state index is 12.8. The van der Waals surface area contributed by atoms with Crippen LogP contribution < -0.4 is 10.9 Å². The molecule has 1 amide bonds. The molecule has 2 aromatic heterocycles. The van der Waals surface area contributed by atoms with Crippen LogP contribution in [0.25, 0.3) is 10.9 Å². The van der Waals surface area contributed by atoms with E-state index in [1.807, 2.05) is 48.5 Å². The first-order chi connectivity index (χ1) is 13.5. The third-order valence-corrected chi connectivity index (χ3v) is 5.78. The number of fused-ring (bicyclic) bond motifs is 1. The van der Waals surface area contributed by atoms with E-state index in [4.69, 9.17) is 11.6 Å². The van der Waals surface area contributed by atoms with Crippen LogP contribution in [0.2, 0.25) is 5.02 Å². The molecule has 0 spiro atoms. The molecule has 4 rings (SSSR count). The zero-order valence-corrected chi connectivity index (χ0v) is 16.6. The molecule has 4 aromatic rings. The number of carbonyl (C=O) groups is 1. The van der Waals surface area contributed by atoms with Gasteiger partial charge in [-0.05, 0) is 17.7 Å². The van der Waals surface area contributed by atoms with E-state index in [0.29, 0.717) is 27.7 Å². The summed E-state index contributed by atoms with van der Waals surface area (Å²) in [5.41, 5.74) is 1.81. The van der Waals surface area contributed by atoms with Gasteiger partial charge in [0.15, 0.2) is 5.13 Å². The summed E-state index contributed by atoms with van der Waals surface area (Å²) in [7, 11) is 1.69. The zero-order chi connectivity index (χ0) is 19.7. The Morgan fingerprint density at radius 1 is 1.18 bits per heavy atom. The SMILES string of the molecule is Cn1c(=O)cc(C(=O)Nc2ncc(Cc3ccccc3Cl)s2)c2ccccc21. The van der Waals surface area contributed by atoms with Gasteiger partial charge in [0, 0.05) is 41.0 Å². The van der Waals surface area contributed by atoms with Gasteiger partial charge in [0.05, 0.1) is 11.1 Å². The minimum Gasteiger partial charge on any atom is -0.311 e. The summed E-state index contributed by atoms with van der Waals surface area (Å²) in [6.45, 7) is 0. The van der Waals surface area contributed by atoms with Crippen molar-refractivity contribution in [2.45, 2.75) is 6.42 Å². The number of nitrogens with one attached hydrogen (secondary N) is 1. The molecule has 140 valence electrons. The first kappa shape index (κ1) is 18.4. The molecule has 0 radical (unpaired) electrons. The summed E-state index contributed by atoms with van der Waals surface area (Å²) in [4.78, 5) is 30.3. The number of para-hydroxylation sites is 1. The van der Waals surface area contributed by atoms with E-state index >= 15 is 0 Å². The Hall–Kier alpha value is -2.96. The van der Waals surface area contributed by atoms with Crippen molar-refractivity contribution < 1.29 is 4.79 Å². The van der Waals surface area contributed by atoms with E-state index in [1.165, 1.54) is 22.0 Å². The fraction of sp³-hybridized carbons (Fsp3) is 0.0952. The Kier molecular flexibility index (Phi) is 4.98. The lowest BCUT2D eigenvalue weighted by Gasteiger charge is -2.09. The number of nitrogens with zero attached hydrogens (tertiary/aromatic N) is 2. The monoisotopic (exact) mass is 409 g/mol. The minimum absolute atomic E-state index is 0.234. The Morgan fingerprint density at radius 3 is 2.75 bits per heavy atom. The molecule has 28 heavy (non-hydrogen) atoms. The average Bonchev–Trinajstić information content (AvgIpc) is 3.13. The summed E-state index contributed by atoms with van der Waals surface area (Å²) in [6.07, 6.45) is 2.37. The lowest BCUT2D eigenvalue weighted by Crippen LogP contribution is -2.21. The molecule has 0 saturated heterocycles. The van der Waals surface area contributed by atoms with Crippen molar-refractivity contribution in [2.75, 3.05) is 5.32 Å². The topological polar surface area (TPSA) is 64.0 Å². The van der Waals surface area contributed by atoms with Crippen LogP contribution in [-0.2, 0) is 13.5 Å². The molecular weight excluding hydrogens is 394 g/mol. The summed E-state index contributed by atoms with van der Waals surface area (Å²) < 4.78 is 1.53. The highest BCUT2D eigenvalue weighted by Crippen LogP contribution is 2.25. The molecule has 0 unspecified atom stereocenters. The van der Waals surface area contributed by atoms with Crippen molar-refractivity contribution in [3.63, 3.8) is 0 Å². The Bertz CT molecular complexity index is 1250. The van der Waals surface area contributed by atoms with Crippen LogP contribution >= 0.6 is 22.9 Å². The summed E-state index contributed by atoms with van der Waals surface area (Å²) in [5, 5.41) is 4.71. The normalized spacial score (nSPS) is 10.9. The summed E-state index contributed by atoms with van der Waals surface area (Å²) in [5.74, 6) is -0.354. The molecule has 1 N–H and O–H groups in total.